The summed E-state index contributed by atoms with van der Waals surface area (Å²) in [5.41, 5.74) is 0. The van der Waals surface area contributed by atoms with Crippen LogP contribution in [0.25, 0.3) is 0 Å². The number of nitrogens with zero attached hydrogens (tertiary/aromatic N) is 2. The van der Waals surface area contributed by atoms with Crippen LogP contribution in [0.15, 0.2) is 0 Å². The maximum Gasteiger partial charge on any atom is 0.317 e. The Morgan fingerprint density at radius 3 is 2.45 bits per heavy atom. The Morgan fingerprint density at radius 2 is 1.85 bits per heavy atom. The topological polar surface area (TPSA) is 72.9 Å². The molecule has 1 rings (SSSR count). The molecule has 7 heteroatoms. The largest absolute Gasteiger partial charge is 0.480 e. The molecule has 0 aromatic carbocycles. The highest BCUT2D eigenvalue weighted by Gasteiger charge is 2.21. The van der Waals surface area contributed by atoms with Gasteiger partial charge in [-0.25, -0.2) is 4.79 Å². The van der Waals surface area contributed by atoms with Gasteiger partial charge in [-0.05, 0) is 24.9 Å². The number of unbranched alkanes of at least 4 members (excludes halogenated alkanes) is 2. The number of carbonyl (C=O) groups is 2. The summed E-state index contributed by atoms with van der Waals surface area (Å²) in [6, 6.07) is -0.0233. The fraction of sp³-hybridized carbons (Fsp3) is 0.846. The summed E-state index contributed by atoms with van der Waals surface area (Å²) < 4.78 is 0. The standard InChI is InChI=1S/C13H25N3O3S/c1-20-10-4-2-3-5-14-13(19)16-8-6-15(7-9-16)11-12(17)18/h2-11H2,1H3,(H,14,19)(H,17,18). The molecule has 0 aliphatic carbocycles. The van der Waals surface area contributed by atoms with Crippen LogP contribution in [-0.4, -0.2) is 78.2 Å². The predicted octanol–water partition coefficient (Wildman–Crippen LogP) is 0.932. The van der Waals surface area contributed by atoms with Crippen molar-refractivity contribution in [2.45, 2.75) is 19.3 Å². The Labute approximate surface area is 124 Å². The number of nitrogens with one attached hydrogen (secondary N) is 1. The van der Waals surface area contributed by atoms with Crippen LogP contribution in [0.3, 0.4) is 0 Å². The van der Waals surface area contributed by atoms with E-state index in [9.17, 15) is 9.59 Å². The van der Waals surface area contributed by atoms with Crippen molar-refractivity contribution in [1.82, 2.24) is 15.1 Å². The molecule has 0 atom stereocenters. The van der Waals surface area contributed by atoms with Crippen LogP contribution < -0.4 is 5.32 Å². The van der Waals surface area contributed by atoms with Crippen molar-refractivity contribution in [3.8, 4) is 0 Å². The lowest BCUT2D eigenvalue weighted by molar-refractivity contribution is -0.138. The number of rotatable bonds is 8. The van der Waals surface area contributed by atoms with Gasteiger partial charge in [-0.3, -0.25) is 9.69 Å². The van der Waals surface area contributed by atoms with Crippen LogP contribution in [0.5, 0.6) is 0 Å². The zero-order valence-electron chi connectivity index (χ0n) is 12.1. The third kappa shape index (κ3) is 7.00. The maximum absolute atomic E-state index is 11.9. The first kappa shape index (κ1) is 17.1. The van der Waals surface area contributed by atoms with E-state index in [1.807, 2.05) is 16.7 Å². The minimum absolute atomic E-state index is 0.0233. The minimum atomic E-state index is -0.812. The smallest absolute Gasteiger partial charge is 0.317 e. The molecule has 0 bridgehead atoms. The highest BCUT2D eigenvalue weighted by atomic mass is 32.2. The Morgan fingerprint density at radius 1 is 1.15 bits per heavy atom. The monoisotopic (exact) mass is 303 g/mol. The first-order valence-electron chi connectivity index (χ1n) is 7.09. The van der Waals surface area contributed by atoms with E-state index in [2.05, 4.69) is 11.6 Å². The van der Waals surface area contributed by atoms with Crippen LogP contribution >= 0.6 is 11.8 Å². The van der Waals surface area contributed by atoms with E-state index in [1.165, 1.54) is 12.2 Å². The van der Waals surface area contributed by atoms with E-state index < -0.39 is 5.97 Å². The van der Waals surface area contributed by atoms with Crippen LogP contribution in [0.1, 0.15) is 19.3 Å². The van der Waals surface area contributed by atoms with Gasteiger partial charge in [-0.15, -0.1) is 0 Å². The number of hydrogen-bond acceptors (Lipinski definition) is 4. The summed E-state index contributed by atoms with van der Waals surface area (Å²) >= 11 is 1.85. The van der Waals surface area contributed by atoms with Crippen molar-refractivity contribution < 1.29 is 14.7 Å². The first-order chi connectivity index (χ1) is 9.63. The minimum Gasteiger partial charge on any atom is -0.480 e. The van der Waals surface area contributed by atoms with E-state index in [0.29, 0.717) is 26.2 Å². The van der Waals surface area contributed by atoms with Crippen LogP contribution in [-0.2, 0) is 4.79 Å². The Kier molecular flexibility index (Phi) is 8.45. The fourth-order valence-corrected chi connectivity index (χ4v) is 2.65. The average molecular weight is 303 g/mol. The molecule has 1 fully saturated rings. The molecular formula is C13H25N3O3S. The molecule has 0 unspecified atom stereocenters. The quantitative estimate of drug-likeness (QED) is 0.653. The second-order valence-corrected chi connectivity index (χ2v) is 5.93. The molecule has 0 radical (unpaired) electrons. The number of amides is 2. The van der Waals surface area contributed by atoms with Crippen molar-refractivity contribution in [2.75, 3.05) is 51.3 Å². The van der Waals surface area contributed by atoms with Gasteiger partial charge >= 0.3 is 12.0 Å². The second-order valence-electron chi connectivity index (χ2n) is 4.94. The Hall–Kier alpha value is -0.950. The number of piperazine rings is 1. The third-order valence-corrected chi connectivity index (χ3v) is 4.02. The first-order valence-corrected chi connectivity index (χ1v) is 8.48. The molecule has 0 spiro atoms. The molecular weight excluding hydrogens is 278 g/mol. The lowest BCUT2D eigenvalue weighted by Gasteiger charge is -2.33. The molecule has 2 amide bonds. The molecule has 6 nitrogen and oxygen atoms in total. The zero-order chi connectivity index (χ0) is 14.8. The highest BCUT2D eigenvalue weighted by Crippen LogP contribution is 2.03. The van der Waals surface area contributed by atoms with Crippen molar-refractivity contribution in [1.29, 1.82) is 0 Å². The van der Waals surface area contributed by atoms with E-state index in [-0.39, 0.29) is 12.6 Å². The van der Waals surface area contributed by atoms with Gasteiger partial charge in [0.25, 0.3) is 0 Å². The summed E-state index contributed by atoms with van der Waals surface area (Å²) in [6.45, 7) is 3.26. The SMILES string of the molecule is CSCCCCCNC(=O)N1CCN(CC(=O)O)CC1. The van der Waals surface area contributed by atoms with Crippen molar-refractivity contribution in [3.05, 3.63) is 0 Å². The van der Waals surface area contributed by atoms with Crippen LogP contribution in [0.4, 0.5) is 4.79 Å². The predicted molar refractivity (Wildman–Crippen MR) is 81.3 cm³/mol. The number of urea groups is 1. The van der Waals surface area contributed by atoms with Crippen LogP contribution in [0, 0.1) is 0 Å². The van der Waals surface area contributed by atoms with Gasteiger partial charge in [0.1, 0.15) is 0 Å². The summed E-state index contributed by atoms with van der Waals surface area (Å²) in [5.74, 6) is 0.368. The second kappa shape index (κ2) is 9.88. The van der Waals surface area contributed by atoms with Gasteiger partial charge in [0.15, 0.2) is 0 Å². The fourth-order valence-electron chi connectivity index (χ4n) is 2.16. The van der Waals surface area contributed by atoms with E-state index in [1.54, 1.807) is 4.90 Å². The van der Waals surface area contributed by atoms with Crippen molar-refractivity contribution in [3.63, 3.8) is 0 Å². The average Bonchev–Trinajstić information content (AvgIpc) is 2.42. The molecule has 1 heterocycles. The maximum atomic E-state index is 11.9. The van der Waals surface area contributed by atoms with Gasteiger partial charge in [0.2, 0.25) is 0 Å². The molecule has 1 saturated heterocycles. The number of carboxylic acids is 1. The highest BCUT2D eigenvalue weighted by molar-refractivity contribution is 7.98. The van der Waals surface area contributed by atoms with Gasteiger partial charge in [0.05, 0.1) is 6.54 Å². The van der Waals surface area contributed by atoms with E-state index >= 15 is 0 Å². The Balaban J connectivity index is 2.08. The van der Waals surface area contributed by atoms with E-state index in [4.69, 9.17) is 5.11 Å². The Bertz CT molecular complexity index is 307. The van der Waals surface area contributed by atoms with Gasteiger partial charge in [-0.1, -0.05) is 6.42 Å². The molecule has 116 valence electrons. The normalized spacial score (nSPS) is 16.1. The number of thioether (sulfide) groups is 1. The lowest BCUT2D eigenvalue weighted by Crippen LogP contribution is -2.52. The van der Waals surface area contributed by atoms with Crippen molar-refractivity contribution in [2.24, 2.45) is 0 Å². The number of aliphatic carboxylic acids is 1. The molecule has 1 aliphatic heterocycles. The van der Waals surface area contributed by atoms with Gasteiger partial charge < -0.3 is 15.3 Å². The van der Waals surface area contributed by atoms with Gasteiger partial charge in [-0.2, -0.15) is 11.8 Å². The van der Waals surface area contributed by atoms with Crippen LogP contribution in [0.2, 0.25) is 0 Å². The molecule has 2 N–H and O–H groups in total. The number of hydrogen-bond donors (Lipinski definition) is 2. The lowest BCUT2D eigenvalue weighted by atomic mass is 10.2. The number of carbonyl (C=O) groups excluding carboxylic acids is 1. The summed E-state index contributed by atoms with van der Waals surface area (Å²) in [4.78, 5) is 26.1. The zero-order valence-corrected chi connectivity index (χ0v) is 13.0. The van der Waals surface area contributed by atoms with E-state index in [0.717, 1.165) is 19.4 Å². The molecule has 0 aromatic rings. The third-order valence-electron chi connectivity index (χ3n) is 3.32. The molecule has 0 saturated carbocycles. The summed E-state index contributed by atoms with van der Waals surface area (Å²) in [7, 11) is 0. The summed E-state index contributed by atoms with van der Waals surface area (Å²) in [6.07, 6.45) is 5.47. The number of carboxylic acid groups (broad SMARTS) is 1. The van der Waals surface area contributed by atoms with Crippen molar-refractivity contribution >= 4 is 23.8 Å². The molecule has 1 aliphatic rings. The molecule has 0 aromatic heterocycles. The summed E-state index contributed by atoms with van der Waals surface area (Å²) in [5, 5.41) is 11.6. The van der Waals surface area contributed by atoms with Gasteiger partial charge in [0, 0.05) is 32.7 Å². The molecule has 20 heavy (non-hydrogen) atoms.